The van der Waals surface area contributed by atoms with Crippen molar-refractivity contribution in [3.05, 3.63) is 84.4 Å². The molecule has 0 fully saturated rings. The quantitative estimate of drug-likeness (QED) is 0.480. The molecule has 0 saturated heterocycles. The third-order valence-corrected chi connectivity index (χ3v) is 3.59. The van der Waals surface area contributed by atoms with E-state index in [2.05, 4.69) is 15.5 Å². The van der Waals surface area contributed by atoms with E-state index in [9.17, 15) is 9.59 Å². The van der Waals surface area contributed by atoms with E-state index in [1.807, 2.05) is 30.3 Å². The van der Waals surface area contributed by atoms with Crippen LogP contribution in [0.3, 0.4) is 0 Å². The Morgan fingerprint density at radius 2 is 1.48 bits per heavy atom. The Kier molecular flexibility index (Phi) is 6.04. The molecule has 0 atom stereocenters. The third kappa shape index (κ3) is 5.34. The first kappa shape index (κ1) is 18.0. The highest BCUT2D eigenvalue weighted by Gasteiger charge is 2.06. The van der Waals surface area contributed by atoms with Gasteiger partial charge in [-0.1, -0.05) is 30.3 Å². The number of aldehydes is 1. The minimum Gasteiger partial charge on any atom is -0.483 e. The summed E-state index contributed by atoms with van der Waals surface area (Å²) in [7, 11) is 0. The molecule has 27 heavy (non-hydrogen) atoms. The maximum atomic E-state index is 12.0. The van der Waals surface area contributed by atoms with Crippen molar-refractivity contribution in [3.63, 3.8) is 0 Å². The Balaban J connectivity index is 1.54. The summed E-state index contributed by atoms with van der Waals surface area (Å²) in [6.45, 7) is -0.194. The molecule has 0 radical (unpaired) electrons. The van der Waals surface area contributed by atoms with Gasteiger partial charge in [0.1, 0.15) is 5.75 Å². The Bertz CT molecular complexity index is 938. The molecule has 134 valence electrons. The highest BCUT2D eigenvalue weighted by molar-refractivity contribution is 5.92. The van der Waals surface area contributed by atoms with Gasteiger partial charge < -0.3 is 10.1 Å². The molecule has 0 saturated carbocycles. The molecular weight excluding hydrogens is 342 g/mol. The molecule has 0 aliphatic rings. The zero-order valence-electron chi connectivity index (χ0n) is 14.4. The Hall–Kier alpha value is -3.80. The normalized spacial score (nSPS) is 10.5. The number of amides is 1. The molecule has 0 aliphatic carbocycles. The van der Waals surface area contributed by atoms with E-state index >= 15 is 0 Å². The average molecular weight is 359 g/mol. The molecule has 0 unspecified atom stereocenters. The van der Waals surface area contributed by atoms with Crippen LogP contribution in [0.2, 0.25) is 0 Å². The first-order valence-electron chi connectivity index (χ1n) is 8.28. The number of rotatable bonds is 7. The zero-order valence-corrected chi connectivity index (χ0v) is 14.4. The Morgan fingerprint density at radius 3 is 2.19 bits per heavy atom. The topological polar surface area (TPSA) is 80.1 Å². The second-order valence-electron chi connectivity index (χ2n) is 5.57. The van der Waals surface area contributed by atoms with E-state index in [4.69, 9.17) is 4.74 Å². The molecule has 0 aromatic heterocycles. The average Bonchev–Trinajstić information content (AvgIpc) is 2.72. The van der Waals surface area contributed by atoms with Crippen LogP contribution in [0.5, 0.6) is 5.75 Å². The van der Waals surface area contributed by atoms with Gasteiger partial charge in [-0.2, -0.15) is 10.2 Å². The van der Waals surface area contributed by atoms with Gasteiger partial charge in [0.15, 0.2) is 12.9 Å². The van der Waals surface area contributed by atoms with Crippen LogP contribution in [0.4, 0.5) is 17.1 Å². The number of ether oxygens (including phenoxy) is 1. The predicted molar refractivity (Wildman–Crippen MR) is 103 cm³/mol. The van der Waals surface area contributed by atoms with Crippen molar-refractivity contribution in [2.75, 3.05) is 11.9 Å². The lowest BCUT2D eigenvalue weighted by atomic mass is 10.2. The molecule has 1 N–H and O–H groups in total. The summed E-state index contributed by atoms with van der Waals surface area (Å²) in [5, 5.41) is 11.0. The molecule has 3 rings (SSSR count). The molecule has 6 heteroatoms. The van der Waals surface area contributed by atoms with Gasteiger partial charge >= 0.3 is 0 Å². The molecular formula is C21H17N3O3. The van der Waals surface area contributed by atoms with Gasteiger partial charge in [0.05, 0.1) is 16.9 Å². The summed E-state index contributed by atoms with van der Waals surface area (Å²) in [5.74, 6) is 0.0497. The van der Waals surface area contributed by atoms with E-state index in [-0.39, 0.29) is 12.5 Å². The molecule has 0 aliphatic heterocycles. The summed E-state index contributed by atoms with van der Waals surface area (Å²) < 4.78 is 5.40. The minimum absolute atomic E-state index is 0.194. The lowest BCUT2D eigenvalue weighted by Crippen LogP contribution is -2.20. The summed E-state index contributed by atoms with van der Waals surface area (Å²) >= 11 is 0. The number of hydrogen-bond acceptors (Lipinski definition) is 5. The minimum atomic E-state index is -0.325. The maximum Gasteiger partial charge on any atom is 0.262 e. The summed E-state index contributed by atoms with van der Waals surface area (Å²) in [5.41, 5.74) is 2.46. The second-order valence-corrected chi connectivity index (χ2v) is 5.57. The van der Waals surface area contributed by atoms with E-state index in [0.717, 1.165) is 5.69 Å². The first-order valence-corrected chi connectivity index (χ1v) is 8.28. The number of nitrogens with zero attached hydrogens (tertiary/aromatic N) is 2. The van der Waals surface area contributed by atoms with Crippen LogP contribution in [-0.2, 0) is 4.79 Å². The van der Waals surface area contributed by atoms with E-state index in [1.54, 1.807) is 48.5 Å². The van der Waals surface area contributed by atoms with Gasteiger partial charge in [-0.3, -0.25) is 9.59 Å². The largest absolute Gasteiger partial charge is 0.483 e. The van der Waals surface area contributed by atoms with E-state index in [0.29, 0.717) is 29.0 Å². The SMILES string of the molecule is O=Cc1ccccc1OCC(=O)Nc1ccc(N=Nc2ccccc2)cc1. The molecule has 3 aromatic rings. The van der Waals surface area contributed by atoms with Crippen LogP contribution in [0, 0.1) is 0 Å². The number of carbonyl (C=O) groups excluding carboxylic acids is 2. The fourth-order valence-corrected chi connectivity index (χ4v) is 2.27. The monoisotopic (exact) mass is 359 g/mol. The highest BCUT2D eigenvalue weighted by atomic mass is 16.5. The van der Waals surface area contributed by atoms with Crippen molar-refractivity contribution in [2.24, 2.45) is 10.2 Å². The second kappa shape index (κ2) is 9.05. The number of benzene rings is 3. The number of carbonyl (C=O) groups is 2. The van der Waals surface area contributed by atoms with Crippen LogP contribution >= 0.6 is 0 Å². The lowest BCUT2D eigenvalue weighted by molar-refractivity contribution is -0.118. The lowest BCUT2D eigenvalue weighted by Gasteiger charge is -2.09. The van der Waals surface area contributed by atoms with Gasteiger partial charge in [-0.05, 0) is 48.5 Å². The van der Waals surface area contributed by atoms with Gasteiger partial charge in [-0.15, -0.1) is 0 Å². The van der Waals surface area contributed by atoms with Crippen molar-refractivity contribution in [2.45, 2.75) is 0 Å². The third-order valence-electron chi connectivity index (χ3n) is 3.59. The first-order chi connectivity index (χ1) is 13.2. The number of anilines is 1. The number of hydrogen-bond donors (Lipinski definition) is 1. The van der Waals surface area contributed by atoms with Gasteiger partial charge in [0, 0.05) is 5.69 Å². The summed E-state index contributed by atoms with van der Waals surface area (Å²) in [6.07, 6.45) is 0.690. The number of azo groups is 1. The number of para-hydroxylation sites is 1. The summed E-state index contributed by atoms with van der Waals surface area (Å²) in [6, 6.07) is 23.1. The Morgan fingerprint density at radius 1 is 0.852 bits per heavy atom. The Labute approximate surface area is 156 Å². The maximum absolute atomic E-state index is 12.0. The van der Waals surface area contributed by atoms with E-state index < -0.39 is 0 Å². The van der Waals surface area contributed by atoms with Crippen molar-refractivity contribution in [3.8, 4) is 5.75 Å². The van der Waals surface area contributed by atoms with Crippen molar-refractivity contribution in [1.29, 1.82) is 0 Å². The smallest absolute Gasteiger partial charge is 0.262 e. The van der Waals surface area contributed by atoms with Crippen LogP contribution < -0.4 is 10.1 Å². The van der Waals surface area contributed by atoms with E-state index in [1.165, 1.54) is 0 Å². The number of nitrogens with one attached hydrogen (secondary N) is 1. The van der Waals surface area contributed by atoms with Crippen molar-refractivity contribution >= 4 is 29.3 Å². The fraction of sp³-hybridized carbons (Fsp3) is 0.0476. The van der Waals surface area contributed by atoms with Gasteiger partial charge in [0.25, 0.3) is 5.91 Å². The molecule has 0 spiro atoms. The van der Waals surface area contributed by atoms with Gasteiger partial charge in [0.2, 0.25) is 0 Å². The van der Waals surface area contributed by atoms with Crippen LogP contribution in [0.15, 0.2) is 89.1 Å². The molecule has 6 nitrogen and oxygen atoms in total. The van der Waals surface area contributed by atoms with Crippen LogP contribution in [0.1, 0.15) is 10.4 Å². The van der Waals surface area contributed by atoms with Crippen molar-refractivity contribution in [1.82, 2.24) is 0 Å². The summed E-state index contributed by atoms with van der Waals surface area (Å²) in [4.78, 5) is 23.0. The molecule has 0 heterocycles. The predicted octanol–water partition coefficient (Wildman–Crippen LogP) is 4.93. The van der Waals surface area contributed by atoms with Crippen molar-refractivity contribution < 1.29 is 14.3 Å². The highest BCUT2D eigenvalue weighted by Crippen LogP contribution is 2.20. The van der Waals surface area contributed by atoms with Crippen LogP contribution in [0.25, 0.3) is 0 Å². The van der Waals surface area contributed by atoms with Crippen LogP contribution in [-0.4, -0.2) is 18.8 Å². The molecule has 3 aromatic carbocycles. The van der Waals surface area contributed by atoms with Gasteiger partial charge in [-0.25, -0.2) is 0 Å². The standard InChI is InChI=1S/C21H17N3O3/c25-14-16-6-4-5-9-20(16)27-15-21(26)22-17-10-12-19(13-11-17)24-23-18-7-2-1-3-8-18/h1-14H,15H2,(H,22,26). The molecule has 0 bridgehead atoms. The molecule has 1 amide bonds. The zero-order chi connectivity index (χ0) is 18.9. The fourth-order valence-electron chi connectivity index (χ4n) is 2.27.